The Balaban J connectivity index is 2.01. The number of rotatable bonds is 7. The molecule has 2 rings (SSSR count). The Bertz CT molecular complexity index is 900. The first-order valence-corrected chi connectivity index (χ1v) is 8.82. The van der Waals surface area contributed by atoms with E-state index in [0.717, 1.165) is 5.56 Å². The Hall–Kier alpha value is -2.60. The average molecular weight is 392 g/mol. The molecule has 0 saturated carbocycles. The molecule has 144 valence electrons. The molecule has 0 bridgehead atoms. The summed E-state index contributed by atoms with van der Waals surface area (Å²) in [6.07, 6.45) is -1.01. The van der Waals surface area contributed by atoms with Gasteiger partial charge in [-0.05, 0) is 63.9 Å². The van der Waals surface area contributed by atoms with Gasteiger partial charge < -0.3 is 14.5 Å². The molecule has 7 heteroatoms. The van der Waals surface area contributed by atoms with Gasteiger partial charge in [-0.3, -0.25) is 9.59 Å². The quantitative estimate of drug-likeness (QED) is 0.569. The van der Waals surface area contributed by atoms with Gasteiger partial charge in [-0.1, -0.05) is 11.6 Å². The van der Waals surface area contributed by atoms with Crippen LogP contribution in [-0.4, -0.2) is 35.2 Å². The minimum absolute atomic E-state index is 0.128. The van der Waals surface area contributed by atoms with Gasteiger partial charge in [-0.25, -0.2) is 4.79 Å². The molecule has 6 nitrogen and oxygen atoms in total. The molecule has 0 aliphatic carbocycles. The molecule has 0 amide bonds. The van der Waals surface area contributed by atoms with Crippen LogP contribution in [0.15, 0.2) is 18.2 Å². The van der Waals surface area contributed by atoms with Crippen LogP contribution in [0.1, 0.15) is 51.5 Å². The summed E-state index contributed by atoms with van der Waals surface area (Å²) in [7, 11) is 0. The van der Waals surface area contributed by atoms with Crippen molar-refractivity contribution in [1.82, 2.24) is 4.98 Å². The molecule has 0 aliphatic heterocycles. The first kappa shape index (κ1) is 20.7. The highest BCUT2D eigenvalue weighted by Gasteiger charge is 2.26. The van der Waals surface area contributed by atoms with Crippen LogP contribution in [0.4, 0.5) is 0 Å². The van der Waals surface area contributed by atoms with Crippen LogP contribution >= 0.6 is 11.6 Å². The van der Waals surface area contributed by atoms with Crippen molar-refractivity contribution in [3.8, 4) is 5.75 Å². The Kier molecular flexibility index (Phi) is 6.44. The van der Waals surface area contributed by atoms with E-state index in [1.54, 1.807) is 32.0 Å². The SMILES string of the molecule is CC(=O)c1c(C)[nH]c(C(=O)[C@@H](C)OC(=O)COc2ccc(Cl)cc2C)c1C. The van der Waals surface area contributed by atoms with Gasteiger partial charge in [0, 0.05) is 16.3 Å². The molecule has 0 spiro atoms. The number of nitrogens with one attached hydrogen (secondary N) is 1. The molecule has 0 radical (unpaired) electrons. The number of esters is 1. The van der Waals surface area contributed by atoms with Crippen molar-refractivity contribution < 1.29 is 23.9 Å². The van der Waals surface area contributed by atoms with Crippen molar-refractivity contribution >= 4 is 29.1 Å². The minimum atomic E-state index is -1.01. The van der Waals surface area contributed by atoms with Gasteiger partial charge in [0.15, 0.2) is 18.5 Å². The van der Waals surface area contributed by atoms with E-state index in [2.05, 4.69) is 4.98 Å². The number of carbonyl (C=O) groups excluding carboxylic acids is 3. The van der Waals surface area contributed by atoms with Crippen molar-refractivity contribution in [2.75, 3.05) is 6.61 Å². The number of aromatic nitrogens is 1. The van der Waals surface area contributed by atoms with E-state index in [0.29, 0.717) is 27.6 Å². The third-order valence-corrected chi connectivity index (χ3v) is 4.43. The second-order valence-corrected chi connectivity index (χ2v) is 6.81. The summed E-state index contributed by atoms with van der Waals surface area (Å²) >= 11 is 5.88. The summed E-state index contributed by atoms with van der Waals surface area (Å²) in [6, 6.07) is 5.04. The number of H-pyrrole nitrogens is 1. The Morgan fingerprint density at radius 1 is 1.19 bits per heavy atom. The molecular weight excluding hydrogens is 370 g/mol. The second-order valence-electron chi connectivity index (χ2n) is 6.38. The first-order valence-electron chi connectivity index (χ1n) is 8.44. The van der Waals surface area contributed by atoms with Gasteiger partial charge in [0.2, 0.25) is 5.78 Å². The predicted octanol–water partition coefficient (Wildman–Crippen LogP) is 3.99. The van der Waals surface area contributed by atoms with Crippen molar-refractivity contribution in [2.45, 2.75) is 40.7 Å². The number of ketones is 2. The van der Waals surface area contributed by atoms with Gasteiger partial charge in [0.05, 0.1) is 5.69 Å². The van der Waals surface area contributed by atoms with Crippen LogP contribution in [-0.2, 0) is 9.53 Å². The maximum Gasteiger partial charge on any atom is 0.344 e. The predicted molar refractivity (Wildman–Crippen MR) is 102 cm³/mol. The maximum absolute atomic E-state index is 12.6. The number of hydrogen-bond donors (Lipinski definition) is 1. The number of carbonyl (C=O) groups is 3. The number of aromatic amines is 1. The molecule has 1 N–H and O–H groups in total. The minimum Gasteiger partial charge on any atom is -0.482 e. The number of halogens is 1. The van der Waals surface area contributed by atoms with Crippen molar-refractivity contribution in [3.05, 3.63) is 51.3 Å². The molecule has 1 aromatic heterocycles. The standard InChI is InChI=1S/C20H22ClNO5/c1-10-8-15(21)6-7-16(10)26-9-17(24)27-14(5)20(25)19-11(2)18(13(4)23)12(3)22-19/h6-8,14,22H,9H2,1-5H3/t14-/m1/s1. The number of benzene rings is 1. The summed E-state index contributed by atoms with van der Waals surface area (Å²) in [5.41, 5.74) is 2.71. The maximum atomic E-state index is 12.6. The van der Waals surface area contributed by atoms with E-state index >= 15 is 0 Å². The van der Waals surface area contributed by atoms with Crippen molar-refractivity contribution in [3.63, 3.8) is 0 Å². The Morgan fingerprint density at radius 2 is 1.85 bits per heavy atom. The number of Topliss-reactive ketones (excluding diaryl/α,β-unsaturated/α-hetero) is 2. The molecule has 1 heterocycles. The van der Waals surface area contributed by atoms with Gasteiger partial charge >= 0.3 is 5.97 Å². The lowest BCUT2D eigenvalue weighted by Crippen LogP contribution is -2.28. The van der Waals surface area contributed by atoms with E-state index in [1.165, 1.54) is 13.8 Å². The molecule has 1 atom stereocenters. The molecule has 1 aromatic carbocycles. The van der Waals surface area contributed by atoms with E-state index in [1.807, 2.05) is 6.92 Å². The van der Waals surface area contributed by atoms with Crippen molar-refractivity contribution in [1.29, 1.82) is 0 Å². The molecule has 27 heavy (non-hydrogen) atoms. The van der Waals surface area contributed by atoms with E-state index < -0.39 is 17.9 Å². The number of ether oxygens (including phenoxy) is 2. The molecule has 0 aliphatic rings. The highest BCUT2D eigenvalue weighted by atomic mass is 35.5. The lowest BCUT2D eigenvalue weighted by atomic mass is 10.0. The highest BCUT2D eigenvalue weighted by molar-refractivity contribution is 6.30. The Morgan fingerprint density at radius 3 is 2.41 bits per heavy atom. The molecule has 0 saturated heterocycles. The van der Waals surface area contributed by atoms with Crippen LogP contribution in [0.3, 0.4) is 0 Å². The van der Waals surface area contributed by atoms with Crippen molar-refractivity contribution in [2.24, 2.45) is 0 Å². The second kappa shape index (κ2) is 8.39. The van der Waals surface area contributed by atoms with E-state index in [4.69, 9.17) is 21.1 Å². The Labute approximate surface area is 162 Å². The number of hydrogen-bond acceptors (Lipinski definition) is 5. The van der Waals surface area contributed by atoms with E-state index in [-0.39, 0.29) is 18.1 Å². The molecular formula is C20H22ClNO5. The summed E-state index contributed by atoms with van der Waals surface area (Å²) in [5, 5.41) is 0.572. The highest BCUT2D eigenvalue weighted by Crippen LogP contribution is 2.22. The fourth-order valence-corrected chi connectivity index (χ4v) is 3.15. The first-order chi connectivity index (χ1) is 12.6. The average Bonchev–Trinajstić information content (AvgIpc) is 2.87. The molecule has 0 fully saturated rings. The van der Waals surface area contributed by atoms with Crippen LogP contribution in [0, 0.1) is 20.8 Å². The van der Waals surface area contributed by atoms with E-state index in [9.17, 15) is 14.4 Å². The van der Waals surface area contributed by atoms with Gasteiger partial charge in [0.25, 0.3) is 0 Å². The van der Waals surface area contributed by atoms with Crippen LogP contribution in [0.2, 0.25) is 5.02 Å². The topological polar surface area (TPSA) is 85.5 Å². The zero-order valence-electron chi connectivity index (χ0n) is 15.9. The summed E-state index contributed by atoms with van der Waals surface area (Å²) in [6.45, 7) is 7.81. The monoisotopic (exact) mass is 391 g/mol. The summed E-state index contributed by atoms with van der Waals surface area (Å²) in [5.74, 6) is -0.689. The zero-order chi connectivity index (χ0) is 20.3. The van der Waals surface area contributed by atoms with Crippen LogP contribution in [0.5, 0.6) is 5.75 Å². The number of aryl methyl sites for hydroxylation is 2. The molecule has 0 unspecified atom stereocenters. The van der Waals surface area contributed by atoms with Gasteiger partial charge in [0.1, 0.15) is 5.75 Å². The third-order valence-electron chi connectivity index (χ3n) is 4.20. The fraction of sp³-hybridized carbons (Fsp3) is 0.350. The zero-order valence-corrected chi connectivity index (χ0v) is 16.7. The lowest BCUT2D eigenvalue weighted by molar-refractivity contribution is -0.148. The van der Waals surface area contributed by atoms with Crippen LogP contribution in [0.25, 0.3) is 0 Å². The summed E-state index contributed by atoms with van der Waals surface area (Å²) in [4.78, 5) is 39.2. The largest absolute Gasteiger partial charge is 0.482 e. The normalized spacial score (nSPS) is 11.8. The molecule has 2 aromatic rings. The van der Waals surface area contributed by atoms with Gasteiger partial charge in [-0.2, -0.15) is 0 Å². The van der Waals surface area contributed by atoms with Crippen LogP contribution < -0.4 is 4.74 Å². The summed E-state index contributed by atoms with van der Waals surface area (Å²) < 4.78 is 10.6. The van der Waals surface area contributed by atoms with Gasteiger partial charge in [-0.15, -0.1) is 0 Å². The third kappa shape index (κ3) is 4.77. The fourth-order valence-electron chi connectivity index (χ4n) is 2.92. The lowest BCUT2D eigenvalue weighted by Gasteiger charge is -2.13. The smallest absolute Gasteiger partial charge is 0.344 e.